The summed E-state index contributed by atoms with van der Waals surface area (Å²) in [5, 5.41) is 0. The van der Waals surface area contributed by atoms with Crippen LogP contribution in [0.4, 0.5) is 0 Å². The maximum atomic E-state index is 12.4. The van der Waals surface area contributed by atoms with E-state index in [0.717, 1.165) is 0 Å². The smallest absolute Gasteiger partial charge is 0.184 e. The Morgan fingerprint density at radius 1 is 1.17 bits per heavy atom. The lowest BCUT2D eigenvalue weighted by Gasteiger charge is -2.21. The van der Waals surface area contributed by atoms with Gasteiger partial charge >= 0.3 is 0 Å². The number of halogens is 1. The molecule has 0 aliphatic heterocycles. The van der Waals surface area contributed by atoms with Gasteiger partial charge in [-0.25, -0.2) is 0 Å². The van der Waals surface area contributed by atoms with E-state index >= 15 is 0 Å². The van der Waals surface area contributed by atoms with Crippen molar-refractivity contribution in [1.82, 2.24) is 0 Å². The Morgan fingerprint density at radius 3 is 2.28 bits per heavy atom. The van der Waals surface area contributed by atoms with Gasteiger partial charge in [0.2, 0.25) is 0 Å². The van der Waals surface area contributed by atoms with E-state index in [1.165, 1.54) is 14.2 Å². The van der Waals surface area contributed by atoms with E-state index in [9.17, 15) is 9.59 Å². The van der Waals surface area contributed by atoms with Crippen LogP contribution in [-0.4, -0.2) is 30.1 Å². The standard InChI is InChI=1S/C13H11BrO4/c1-17-7-3-4-8(18-2)10-9(7)11(15)6-5-13(6,14)12(10)16/h3-4,6H,5H2,1-2H3. The summed E-state index contributed by atoms with van der Waals surface area (Å²) in [6.45, 7) is 0. The van der Waals surface area contributed by atoms with Crippen LogP contribution in [0.5, 0.6) is 11.5 Å². The Labute approximate surface area is 112 Å². The highest BCUT2D eigenvalue weighted by molar-refractivity contribution is 9.10. The summed E-state index contributed by atoms with van der Waals surface area (Å²) in [6.07, 6.45) is 0.547. The predicted octanol–water partition coefficient (Wildman–Crippen LogP) is 2.24. The summed E-state index contributed by atoms with van der Waals surface area (Å²) in [5.41, 5.74) is 0.701. The first-order chi connectivity index (χ1) is 8.54. The average Bonchev–Trinajstić information content (AvgIpc) is 3.08. The Morgan fingerprint density at radius 2 is 1.72 bits per heavy atom. The number of fused-ring (bicyclic) bond motifs is 2. The third-order valence-electron chi connectivity index (χ3n) is 3.63. The average molecular weight is 311 g/mol. The van der Waals surface area contributed by atoms with Crippen molar-refractivity contribution in [2.75, 3.05) is 14.2 Å². The molecule has 3 rings (SSSR count). The minimum atomic E-state index is -0.712. The lowest BCUT2D eigenvalue weighted by Crippen LogP contribution is -2.30. The topological polar surface area (TPSA) is 52.6 Å². The zero-order valence-corrected chi connectivity index (χ0v) is 11.5. The van der Waals surface area contributed by atoms with Crippen LogP contribution < -0.4 is 9.47 Å². The van der Waals surface area contributed by atoms with Gasteiger partial charge in [0.15, 0.2) is 11.6 Å². The first kappa shape index (κ1) is 11.7. The molecule has 1 aromatic rings. The number of hydrogen-bond acceptors (Lipinski definition) is 4. The predicted molar refractivity (Wildman–Crippen MR) is 68.0 cm³/mol. The van der Waals surface area contributed by atoms with Crippen LogP contribution in [-0.2, 0) is 0 Å². The van der Waals surface area contributed by atoms with Crippen molar-refractivity contribution in [3.05, 3.63) is 23.3 Å². The van der Waals surface area contributed by atoms with E-state index in [-0.39, 0.29) is 17.5 Å². The van der Waals surface area contributed by atoms with Gasteiger partial charge in [0.1, 0.15) is 11.5 Å². The number of hydrogen-bond donors (Lipinski definition) is 0. The Kier molecular flexibility index (Phi) is 2.32. The van der Waals surface area contributed by atoms with E-state index in [1.54, 1.807) is 12.1 Å². The number of ketones is 2. The van der Waals surface area contributed by atoms with Crippen LogP contribution in [0.15, 0.2) is 12.1 Å². The lowest BCUT2D eigenvalue weighted by atomic mass is 9.88. The zero-order valence-electron chi connectivity index (χ0n) is 9.95. The number of carbonyl (C=O) groups excluding carboxylic acids is 2. The highest BCUT2D eigenvalue weighted by Gasteiger charge is 2.66. The minimum Gasteiger partial charge on any atom is -0.496 e. The fraction of sp³-hybridized carbons (Fsp3) is 0.385. The van der Waals surface area contributed by atoms with Gasteiger partial charge in [-0.2, -0.15) is 0 Å². The molecule has 0 aromatic heterocycles. The van der Waals surface area contributed by atoms with Gasteiger partial charge in [-0.05, 0) is 18.6 Å². The molecular weight excluding hydrogens is 300 g/mol. The number of alkyl halides is 1. The second-order valence-corrected chi connectivity index (χ2v) is 5.95. The number of ether oxygens (including phenoxy) is 2. The van der Waals surface area contributed by atoms with Crippen LogP contribution in [0, 0.1) is 5.92 Å². The number of rotatable bonds is 2. The summed E-state index contributed by atoms with van der Waals surface area (Å²) >= 11 is 3.39. The molecule has 0 radical (unpaired) electrons. The summed E-state index contributed by atoms with van der Waals surface area (Å²) in [4.78, 5) is 24.8. The maximum Gasteiger partial charge on any atom is 0.184 e. The summed E-state index contributed by atoms with van der Waals surface area (Å²) in [6, 6.07) is 3.31. The first-order valence-corrected chi connectivity index (χ1v) is 6.36. The SMILES string of the molecule is COc1ccc(OC)c2c1C(=O)C1CC1(Br)C2=O. The third kappa shape index (κ3) is 1.25. The van der Waals surface area contributed by atoms with Gasteiger partial charge in [-0.1, -0.05) is 15.9 Å². The normalized spacial score (nSPS) is 28.5. The van der Waals surface area contributed by atoms with Gasteiger partial charge in [0.25, 0.3) is 0 Å². The molecule has 0 amide bonds. The van der Waals surface area contributed by atoms with Gasteiger partial charge in [0.05, 0.1) is 29.7 Å². The van der Waals surface area contributed by atoms with Crippen LogP contribution in [0.25, 0.3) is 0 Å². The highest BCUT2D eigenvalue weighted by Crippen LogP contribution is 2.59. The molecule has 0 bridgehead atoms. The summed E-state index contributed by atoms with van der Waals surface area (Å²) in [7, 11) is 2.97. The first-order valence-electron chi connectivity index (χ1n) is 5.57. The molecule has 1 saturated carbocycles. The van der Waals surface area contributed by atoms with Crippen molar-refractivity contribution >= 4 is 27.5 Å². The van der Waals surface area contributed by atoms with Crippen molar-refractivity contribution in [2.45, 2.75) is 10.7 Å². The fourth-order valence-electron chi connectivity index (χ4n) is 2.55. The van der Waals surface area contributed by atoms with Gasteiger partial charge < -0.3 is 9.47 Å². The molecule has 0 spiro atoms. The van der Waals surface area contributed by atoms with Gasteiger partial charge in [-0.3, -0.25) is 9.59 Å². The number of carbonyl (C=O) groups is 2. The van der Waals surface area contributed by atoms with E-state index in [2.05, 4.69) is 15.9 Å². The molecule has 2 atom stereocenters. The minimum absolute atomic E-state index is 0.0442. The summed E-state index contributed by atoms with van der Waals surface area (Å²) in [5.74, 6) is 0.465. The third-order valence-corrected chi connectivity index (χ3v) is 4.87. The number of benzene rings is 1. The Hall–Kier alpha value is -1.36. The second kappa shape index (κ2) is 3.57. The molecule has 5 heteroatoms. The number of Topliss-reactive ketones (excluding diaryl/α,β-unsaturated/α-hetero) is 2. The van der Waals surface area contributed by atoms with Gasteiger partial charge in [-0.15, -0.1) is 0 Å². The molecule has 18 heavy (non-hydrogen) atoms. The molecule has 2 unspecified atom stereocenters. The molecule has 4 nitrogen and oxygen atoms in total. The molecule has 0 heterocycles. The molecule has 1 aromatic carbocycles. The Balaban J connectivity index is 2.31. The van der Waals surface area contributed by atoms with Crippen molar-refractivity contribution in [3.63, 3.8) is 0 Å². The quantitative estimate of drug-likeness (QED) is 0.786. The molecule has 1 fully saturated rings. The summed E-state index contributed by atoms with van der Waals surface area (Å²) < 4.78 is 9.67. The second-order valence-electron chi connectivity index (χ2n) is 4.53. The van der Waals surface area contributed by atoms with Crippen molar-refractivity contribution < 1.29 is 19.1 Å². The van der Waals surface area contributed by atoms with Crippen molar-refractivity contribution in [3.8, 4) is 11.5 Å². The van der Waals surface area contributed by atoms with Crippen LogP contribution >= 0.6 is 15.9 Å². The van der Waals surface area contributed by atoms with E-state index in [4.69, 9.17) is 9.47 Å². The Bertz CT molecular complexity index is 581. The van der Waals surface area contributed by atoms with Crippen molar-refractivity contribution in [1.29, 1.82) is 0 Å². The largest absolute Gasteiger partial charge is 0.496 e. The van der Waals surface area contributed by atoms with Gasteiger partial charge in [0, 0.05) is 5.92 Å². The lowest BCUT2D eigenvalue weighted by molar-refractivity contribution is 0.0887. The van der Waals surface area contributed by atoms with Crippen LogP contribution in [0.1, 0.15) is 27.1 Å². The van der Waals surface area contributed by atoms with Crippen molar-refractivity contribution in [2.24, 2.45) is 5.92 Å². The van der Waals surface area contributed by atoms with E-state index < -0.39 is 4.32 Å². The molecule has 94 valence electrons. The zero-order chi connectivity index (χ0) is 13.1. The molecule has 0 saturated heterocycles. The molecule has 0 N–H and O–H groups in total. The molecule has 2 aliphatic carbocycles. The monoisotopic (exact) mass is 310 g/mol. The maximum absolute atomic E-state index is 12.4. The van der Waals surface area contributed by atoms with E-state index in [1.807, 2.05) is 0 Å². The van der Waals surface area contributed by atoms with E-state index in [0.29, 0.717) is 29.0 Å². The number of methoxy groups -OCH3 is 2. The molecular formula is C13H11BrO4. The molecule has 2 aliphatic rings. The van der Waals surface area contributed by atoms with Crippen LogP contribution in [0.2, 0.25) is 0 Å². The fourth-order valence-corrected chi connectivity index (χ4v) is 3.28. The highest BCUT2D eigenvalue weighted by atomic mass is 79.9. The van der Waals surface area contributed by atoms with Crippen LogP contribution in [0.3, 0.4) is 0 Å².